The van der Waals surface area contributed by atoms with Gasteiger partial charge >= 0.3 is 0 Å². The summed E-state index contributed by atoms with van der Waals surface area (Å²) in [5.41, 5.74) is 0. The molecular weight excluding hydrogens is 96.0 g/mol. The number of carbonyl (C=O) groups is 1. The minimum Gasteiger partial charge on any atom is -0.381 e. The van der Waals surface area contributed by atoms with Gasteiger partial charge in [-0.15, -0.1) is 0 Å². The first-order valence-corrected chi connectivity index (χ1v) is 2.49. The molecule has 0 atom stereocenters. The van der Waals surface area contributed by atoms with Crippen molar-refractivity contribution in [3.63, 3.8) is 0 Å². The topological polar surface area (TPSA) is 26.3 Å². The quantitative estimate of drug-likeness (QED) is 0.415. The Balaban J connectivity index is 2.25. The van der Waals surface area contributed by atoms with Gasteiger partial charge in [0, 0.05) is 12.8 Å². The Morgan fingerprint density at radius 1 is 1.29 bits per heavy atom. The first-order valence-electron chi connectivity index (χ1n) is 2.49. The second-order valence-electron chi connectivity index (χ2n) is 1.65. The molecule has 0 bridgehead atoms. The molecule has 1 aliphatic rings. The van der Waals surface area contributed by atoms with Crippen molar-refractivity contribution in [2.24, 2.45) is 0 Å². The molecule has 0 saturated carbocycles. The van der Waals surface area contributed by atoms with E-state index in [2.05, 4.69) is 0 Å². The number of rotatable bonds is 0. The molecule has 0 aliphatic carbocycles. The van der Waals surface area contributed by atoms with Gasteiger partial charge in [0.05, 0.1) is 13.2 Å². The number of carbonyl (C=O) groups excluding carboxylic acids is 1. The number of ether oxygens (including phenoxy) is 1. The number of hydrogen-bond donors (Lipinski definition) is 0. The SMILES string of the molecule is O=[13C]1[13CH2]CO[13CH2][13CH2]1. The normalized spacial score (nSPS) is 22.6. The number of hydrogen-bond acceptors (Lipinski definition) is 2. The molecule has 0 aromatic carbocycles. The Bertz CT molecular complexity index is 70.1. The molecule has 1 aliphatic heterocycles. The highest BCUT2D eigenvalue weighted by molar-refractivity contribution is 5.78. The van der Waals surface area contributed by atoms with Crippen LogP contribution in [-0.4, -0.2) is 19.0 Å². The van der Waals surface area contributed by atoms with E-state index in [1.165, 1.54) is 0 Å². The van der Waals surface area contributed by atoms with Gasteiger partial charge in [-0.05, 0) is 0 Å². The summed E-state index contributed by atoms with van der Waals surface area (Å²) in [5.74, 6) is 0.339. The van der Waals surface area contributed by atoms with Crippen LogP contribution in [0.2, 0.25) is 0 Å². The van der Waals surface area contributed by atoms with Crippen LogP contribution in [0.15, 0.2) is 0 Å². The second kappa shape index (κ2) is 2.07. The third kappa shape index (κ3) is 1.27. The van der Waals surface area contributed by atoms with Gasteiger partial charge < -0.3 is 4.74 Å². The highest BCUT2D eigenvalue weighted by atomic mass is 16.6. The number of Topliss-reactive ketones (excluding diaryl/α,β-unsaturated/α-hetero) is 1. The minimum absolute atomic E-state index is 0.339. The lowest BCUT2D eigenvalue weighted by molar-refractivity contribution is -0.124. The van der Waals surface area contributed by atoms with Crippen LogP contribution >= 0.6 is 0 Å². The molecule has 40 valence electrons. The summed E-state index contributed by atoms with van der Waals surface area (Å²) < 4.78 is 4.92. The molecule has 0 spiro atoms. The average molecular weight is 104 g/mol. The lowest BCUT2D eigenvalue weighted by atomic mass is 10.9. The van der Waals surface area contributed by atoms with Crippen molar-refractivity contribution in [3.8, 4) is 0 Å². The molecule has 1 heterocycles. The summed E-state index contributed by atoms with van der Waals surface area (Å²) in [4.78, 5) is 10.4. The van der Waals surface area contributed by atoms with Crippen LogP contribution in [0.5, 0.6) is 0 Å². The second-order valence-corrected chi connectivity index (χ2v) is 1.65. The van der Waals surface area contributed by atoms with Crippen LogP contribution in [0.4, 0.5) is 0 Å². The highest BCUT2D eigenvalue weighted by Gasteiger charge is 2.06. The molecular formula is C5H8O2. The fourth-order valence-electron chi connectivity index (χ4n) is 0.599. The van der Waals surface area contributed by atoms with E-state index in [4.69, 9.17) is 4.74 Å². The van der Waals surface area contributed by atoms with Crippen molar-refractivity contribution in [3.05, 3.63) is 0 Å². The summed E-state index contributed by atoms with van der Waals surface area (Å²) in [5, 5.41) is 0. The zero-order chi connectivity index (χ0) is 5.11. The van der Waals surface area contributed by atoms with E-state index in [9.17, 15) is 4.79 Å². The predicted molar refractivity (Wildman–Crippen MR) is 25.1 cm³/mol. The minimum atomic E-state index is 0.339. The van der Waals surface area contributed by atoms with Crippen LogP contribution < -0.4 is 0 Å². The van der Waals surface area contributed by atoms with Gasteiger partial charge in [0.15, 0.2) is 0 Å². The van der Waals surface area contributed by atoms with E-state index in [-0.39, 0.29) is 0 Å². The van der Waals surface area contributed by atoms with Crippen molar-refractivity contribution < 1.29 is 9.53 Å². The van der Waals surface area contributed by atoms with E-state index in [0.29, 0.717) is 31.8 Å². The summed E-state index contributed by atoms with van der Waals surface area (Å²) in [7, 11) is 0. The van der Waals surface area contributed by atoms with Gasteiger partial charge in [-0.3, -0.25) is 4.79 Å². The van der Waals surface area contributed by atoms with E-state index < -0.39 is 0 Å². The predicted octanol–water partition coefficient (Wildman–Crippen LogP) is 0.366. The Morgan fingerprint density at radius 3 is 2.14 bits per heavy atom. The van der Waals surface area contributed by atoms with Crippen LogP contribution in [0.3, 0.4) is 0 Å². The Kier molecular flexibility index (Phi) is 1.42. The molecule has 0 unspecified atom stereocenters. The summed E-state index contributed by atoms with van der Waals surface area (Å²) in [6, 6.07) is 0. The Hall–Kier alpha value is -0.370. The Morgan fingerprint density at radius 2 is 1.86 bits per heavy atom. The van der Waals surface area contributed by atoms with E-state index in [1.807, 2.05) is 0 Å². The summed E-state index contributed by atoms with van der Waals surface area (Å²) >= 11 is 0. The molecule has 0 amide bonds. The van der Waals surface area contributed by atoms with Gasteiger partial charge in [0.1, 0.15) is 5.78 Å². The molecule has 7 heavy (non-hydrogen) atoms. The molecule has 0 radical (unpaired) electrons. The average Bonchev–Trinajstić information content (AvgIpc) is 1.69. The smallest absolute Gasteiger partial charge is 0.137 e. The van der Waals surface area contributed by atoms with Gasteiger partial charge in [-0.2, -0.15) is 0 Å². The third-order valence-electron chi connectivity index (χ3n) is 1.05. The molecule has 1 saturated heterocycles. The zero-order valence-electron chi connectivity index (χ0n) is 4.14. The van der Waals surface area contributed by atoms with E-state index >= 15 is 0 Å². The van der Waals surface area contributed by atoms with Gasteiger partial charge in [0.2, 0.25) is 0 Å². The summed E-state index contributed by atoms with van der Waals surface area (Å²) in [6.45, 7) is 1.28. The van der Waals surface area contributed by atoms with Crippen LogP contribution in [0.1, 0.15) is 12.8 Å². The van der Waals surface area contributed by atoms with E-state index in [1.54, 1.807) is 0 Å². The van der Waals surface area contributed by atoms with Crippen LogP contribution in [0.25, 0.3) is 0 Å². The van der Waals surface area contributed by atoms with Crippen molar-refractivity contribution in [2.75, 3.05) is 13.2 Å². The Labute approximate surface area is 42.5 Å². The maximum Gasteiger partial charge on any atom is 0.137 e. The molecule has 0 aromatic rings. The zero-order valence-corrected chi connectivity index (χ0v) is 4.14. The maximum atomic E-state index is 10.4. The molecule has 1 rings (SSSR count). The number of ketones is 1. The van der Waals surface area contributed by atoms with Crippen LogP contribution in [0, 0.1) is 0 Å². The van der Waals surface area contributed by atoms with E-state index in [0.717, 1.165) is 0 Å². The fourth-order valence-corrected chi connectivity index (χ4v) is 0.599. The van der Waals surface area contributed by atoms with Crippen molar-refractivity contribution >= 4 is 5.78 Å². The summed E-state index contributed by atoms with van der Waals surface area (Å²) in [6.07, 6.45) is 1.25. The van der Waals surface area contributed by atoms with Crippen molar-refractivity contribution in [1.29, 1.82) is 0 Å². The monoisotopic (exact) mass is 104 g/mol. The highest BCUT2D eigenvalue weighted by Crippen LogP contribution is 1.98. The maximum absolute atomic E-state index is 10.4. The molecule has 0 N–H and O–H groups in total. The first-order chi connectivity index (χ1) is 3.39. The first kappa shape index (κ1) is 4.78. The van der Waals surface area contributed by atoms with Gasteiger partial charge in [-0.25, -0.2) is 0 Å². The molecule has 2 heteroatoms. The largest absolute Gasteiger partial charge is 0.381 e. The van der Waals surface area contributed by atoms with Crippen LogP contribution in [-0.2, 0) is 9.53 Å². The van der Waals surface area contributed by atoms with Gasteiger partial charge in [-0.1, -0.05) is 0 Å². The van der Waals surface area contributed by atoms with Crippen molar-refractivity contribution in [2.45, 2.75) is 12.8 Å². The van der Waals surface area contributed by atoms with Crippen molar-refractivity contribution in [1.82, 2.24) is 0 Å². The lowest BCUT2D eigenvalue weighted by Crippen LogP contribution is -2.14. The molecule has 1 fully saturated rings. The van der Waals surface area contributed by atoms with Gasteiger partial charge in [0.25, 0.3) is 0 Å². The molecule has 0 aromatic heterocycles. The standard InChI is InChI=1S/C5H8O2/c6-5-1-3-7-4-2-5/h1-4H2/i1+1,2+1,3+1,5+1. The third-order valence-corrected chi connectivity index (χ3v) is 1.05. The molecule has 2 nitrogen and oxygen atoms in total. The fraction of sp³-hybridized carbons (Fsp3) is 0.800. The lowest BCUT2D eigenvalue weighted by Gasteiger charge is -2.07.